The topological polar surface area (TPSA) is 38.8 Å². The van der Waals surface area contributed by atoms with Crippen LogP contribution in [0.25, 0.3) is 0 Å². The Morgan fingerprint density at radius 1 is 1.07 bits per heavy atom. The van der Waals surface area contributed by atoms with Gasteiger partial charge in [0.2, 0.25) is 5.91 Å². The fourth-order valence-corrected chi connectivity index (χ4v) is 3.83. The maximum Gasteiger partial charge on any atom is 0.230 e. The molecule has 1 aliphatic heterocycles. The summed E-state index contributed by atoms with van der Waals surface area (Å²) in [5.41, 5.74) is 2.38. The second kappa shape index (κ2) is 11.7. The summed E-state index contributed by atoms with van der Waals surface area (Å²) in [6.45, 7) is 4.19. The largest absolute Gasteiger partial charge is 0.376 e. The molecule has 0 aliphatic carbocycles. The first kappa shape index (κ1) is 21.5. The molecule has 0 N–H and O–H groups in total. The van der Waals surface area contributed by atoms with Crippen molar-refractivity contribution in [1.29, 1.82) is 0 Å². The smallest absolute Gasteiger partial charge is 0.230 e. The second-order valence-electron chi connectivity index (χ2n) is 7.84. The van der Waals surface area contributed by atoms with Gasteiger partial charge in [0.05, 0.1) is 31.8 Å². The molecule has 2 atom stereocenters. The van der Waals surface area contributed by atoms with Gasteiger partial charge < -0.3 is 14.4 Å². The van der Waals surface area contributed by atoms with E-state index in [0.717, 1.165) is 37.7 Å². The monoisotopic (exact) mass is 395 g/mol. The first-order chi connectivity index (χ1) is 14.3. The minimum Gasteiger partial charge on any atom is -0.376 e. The third-order valence-electron chi connectivity index (χ3n) is 5.51. The predicted octanol–water partition coefficient (Wildman–Crippen LogP) is 4.83. The molecular formula is C25H33NO3. The van der Waals surface area contributed by atoms with E-state index < -0.39 is 0 Å². The van der Waals surface area contributed by atoms with Crippen molar-refractivity contribution in [1.82, 2.24) is 4.90 Å². The maximum atomic E-state index is 13.3. The maximum absolute atomic E-state index is 13.3. The average molecular weight is 396 g/mol. The minimum atomic E-state index is -0.106. The molecule has 0 aromatic heterocycles. The standard InChI is InChI=1S/C25H33NO3/c1-2-3-6-15-23(18-28-17-22-13-9-5-10-14-22)25(27)26-20-29-19-24(26)16-21-11-7-4-8-12-21/h4-5,7-14,23-24H,2-3,6,15-20H2,1H3/t23-,24+/m1/s1. The molecule has 4 heteroatoms. The summed E-state index contributed by atoms with van der Waals surface area (Å²) >= 11 is 0. The molecule has 2 aromatic rings. The number of carbonyl (C=O) groups excluding carboxylic acids is 1. The third-order valence-corrected chi connectivity index (χ3v) is 5.51. The average Bonchev–Trinajstić information content (AvgIpc) is 3.22. The third kappa shape index (κ3) is 6.69. The van der Waals surface area contributed by atoms with Gasteiger partial charge in [-0.2, -0.15) is 0 Å². The Morgan fingerprint density at radius 2 is 1.76 bits per heavy atom. The van der Waals surface area contributed by atoms with Gasteiger partial charge in [-0.3, -0.25) is 4.79 Å². The van der Waals surface area contributed by atoms with Crippen LogP contribution in [0.3, 0.4) is 0 Å². The van der Waals surface area contributed by atoms with E-state index >= 15 is 0 Å². The molecule has 156 valence electrons. The van der Waals surface area contributed by atoms with Crippen molar-refractivity contribution >= 4 is 5.91 Å². The highest BCUT2D eigenvalue weighted by molar-refractivity contribution is 5.79. The number of ether oxygens (including phenoxy) is 2. The number of hydrogen-bond acceptors (Lipinski definition) is 3. The summed E-state index contributed by atoms with van der Waals surface area (Å²) < 4.78 is 11.6. The number of amides is 1. The molecule has 0 radical (unpaired) electrons. The number of rotatable bonds is 11. The van der Waals surface area contributed by atoms with Crippen LogP contribution >= 0.6 is 0 Å². The van der Waals surface area contributed by atoms with Crippen molar-refractivity contribution in [3.8, 4) is 0 Å². The van der Waals surface area contributed by atoms with Gasteiger partial charge in [0.15, 0.2) is 0 Å². The first-order valence-corrected chi connectivity index (χ1v) is 10.8. The summed E-state index contributed by atoms with van der Waals surface area (Å²) in [6, 6.07) is 20.6. The van der Waals surface area contributed by atoms with Gasteiger partial charge in [0, 0.05) is 0 Å². The Balaban J connectivity index is 1.59. The molecule has 29 heavy (non-hydrogen) atoms. The molecule has 0 unspecified atom stereocenters. The summed E-state index contributed by atoms with van der Waals surface area (Å²) in [4.78, 5) is 15.3. The first-order valence-electron chi connectivity index (χ1n) is 10.8. The van der Waals surface area contributed by atoms with Crippen LogP contribution in [-0.2, 0) is 27.3 Å². The molecule has 4 nitrogen and oxygen atoms in total. The lowest BCUT2D eigenvalue weighted by molar-refractivity contribution is -0.140. The molecule has 1 heterocycles. The highest BCUT2D eigenvalue weighted by Crippen LogP contribution is 2.21. The van der Waals surface area contributed by atoms with Gasteiger partial charge in [0.25, 0.3) is 0 Å². The predicted molar refractivity (Wildman–Crippen MR) is 115 cm³/mol. The lowest BCUT2D eigenvalue weighted by atomic mass is 9.98. The van der Waals surface area contributed by atoms with Crippen LogP contribution in [0.4, 0.5) is 0 Å². The van der Waals surface area contributed by atoms with E-state index in [1.807, 2.05) is 41.3 Å². The van der Waals surface area contributed by atoms with Crippen LogP contribution < -0.4 is 0 Å². The molecule has 2 aromatic carbocycles. The lowest BCUT2D eigenvalue weighted by Crippen LogP contribution is -2.42. The number of nitrogens with zero attached hydrogens (tertiary/aromatic N) is 1. The van der Waals surface area contributed by atoms with Crippen molar-refractivity contribution in [3.63, 3.8) is 0 Å². The molecular weight excluding hydrogens is 362 g/mol. The van der Waals surface area contributed by atoms with E-state index in [4.69, 9.17) is 9.47 Å². The van der Waals surface area contributed by atoms with Crippen molar-refractivity contribution < 1.29 is 14.3 Å². The van der Waals surface area contributed by atoms with E-state index in [1.54, 1.807) is 0 Å². The lowest BCUT2D eigenvalue weighted by Gasteiger charge is -2.27. The zero-order chi connectivity index (χ0) is 20.3. The van der Waals surface area contributed by atoms with Crippen LogP contribution in [0.15, 0.2) is 60.7 Å². The quantitative estimate of drug-likeness (QED) is 0.512. The Morgan fingerprint density at radius 3 is 2.45 bits per heavy atom. The van der Waals surface area contributed by atoms with E-state index in [9.17, 15) is 4.79 Å². The molecule has 3 rings (SSSR count). The Kier molecular flexibility index (Phi) is 8.72. The van der Waals surface area contributed by atoms with E-state index in [0.29, 0.717) is 26.6 Å². The van der Waals surface area contributed by atoms with Gasteiger partial charge in [-0.15, -0.1) is 0 Å². The van der Waals surface area contributed by atoms with Gasteiger partial charge in [-0.1, -0.05) is 86.8 Å². The SMILES string of the molecule is CCCCC[C@H](COCc1ccccc1)C(=O)N1COC[C@@H]1Cc1ccccc1. The molecule has 0 bridgehead atoms. The van der Waals surface area contributed by atoms with Crippen molar-refractivity contribution in [2.24, 2.45) is 5.92 Å². The molecule has 0 spiro atoms. The highest BCUT2D eigenvalue weighted by Gasteiger charge is 2.33. The number of benzene rings is 2. The molecule has 1 amide bonds. The van der Waals surface area contributed by atoms with Crippen LogP contribution in [-0.4, -0.2) is 36.8 Å². The Bertz CT molecular complexity index is 719. The van der Waals surface area contributed by atoms with Crippen LogP contribution in [0, 0.1) is 5.92 Å². The molecule has 1 fully saturated rings. The van der Waals surface area contributed by atoms with E-state index in [1.165, 1.54) is 5.56 Å². The van der Waals surface area contributed by atoms with Gasteiger partial charge >= 0.3 is 0 Å². The van der Waals surface area contributed by atoms with Crippen LogP contribution in [0.1, 0.15) is 43.7 Å². The van der Waals surface area contributed by atoms with Gasteiger partial charge in [0.1, 0.15) is 6.73 Å². The van der Waals surface area contributed by atoms with Crippen molar-refractivity contribution in [3.05, 3.63) is 71.8 Å². The van der Waals surface area contributed by atoms with Crippen molar-refractivity contribution in [2.45, 2.75) is 51.7 Å². The van der Waals surface area contributed by atoms with Gasteiger partial charge in [-0.25, -0.2) is 0 Å². The van der Waals surface area contributed by atoms with E-state index in [-0.39, 0.29) is 17.9 Å². The fraction of sp³-hybridized carbons (Fsp3) is 0.480. The molecule has 1 aliphatic rings. The van der Waals surface area contributed by atoms with E-state index in [2.05, 4.69) is 31.2 Å². The molecule has 0 saturated carbocycles. The summed E-state index contributed by atoms with van der Waals surface area (Å²) in [5, 5.41) is 0. The number of hydrogen-bond donors (Lipinski definition) is 0. The summed E-state index contributed by atoms with van der Waals surface area (Å²) in [5.74, 6) is 0.0674. The Hall–Kier alpha value is -2.17. The second-order valence-corrected chi connectivity index (χ2v) is 7.84. The Labute approximate surface area is 174 Å². The highest BCUT2D eigenvalue weighted by atomic mass is 16.5. The van der Waals surface area contributed by atoms with Crippen LogP contribution in [0.2, 0.25) is 0 Å². The number of carbonyl (C=O) groups is 1. The van der Waals surface area contributed by atoms with Crippen molar-refractivity contribution in [2.75, 3.05) is 19.9 Å². The van der Waals surface area contributed by atoms with Crippen LogP contribution in [0.5, 0.6) is 0 Å². The number of unbranched alkanes of at least 4 members (excludes halogenated alkanes) is 2. The molecule has 1 saturated heterocycles. The summed E-state index contributed by atoms with van der Waals surface area (Å²) in [7, 11) is 0. The minimum absolute atomic E-state index is 0.104. The fourth-order valence-electron chi connectivity index (χ4n) is 3.83. The summed E-state index contributed by atoms with van der Waals surface area (Å²) in [6.07, 6.45) is 5.05. The normalized spacial score (nSPS) is 17.4. The zero-order valence-electron chi connectivity index (χ0n) is 17.5. The van der Waals surface area contributed by atoms with Gasteiger partial charge in [-0.05, 0) is 24.0 Å². The zero-order valence-corrected chi connectivity index (χ0v) is 17.5.